The van der Waals surface area contributed by atoms with Crippen molar-refractivity contribution < 1.29 is 9.53 Å². The van der Waals surface area contributed by atoms with Gasteiger partial charge in [0.15, 0.2) is 0 Å². The third-order valence-electron chi connectivity index (χ3n) is 2.38. The van der Waals surface area contributed by atoms with Crippen molar-refractivity contribution in [2.75, 3.05) is 6.54 Å². The number of hydrogen-bond donors (Lipinski definition) is 1. The van der Waals surface area contributed by atoms with Crippen LogP contribution in [0.4, 0.5) is 0 Å². The van der Waals surface area contributed by atoms with Crippen molar-refractivity contribution in [2.24, 2.45) is 11.8 Å². The summed E-state index contributed by atoms with van der Waals surface area (Å²) in [6, 6.07) is 0. The first kappa shape index (κ1) is 16.2. The average molecular weight is 341 g/mol. The maximum Gasteiger partial charge on any atom is 0.306 e. The van der Waals surface area contributed by atoms with E-state index >= 15 is 0 Å². The molecule has 1 N–H and O–H groups in total. The molecule has 0 bridgehead atoms. The molecule has 3 nitrogen and oxygen atoms in total. The molecule has 0 aromatic heterocycles. The maximum atomic E-state index is 11.6. The number of esters is 1. The van der Waals surface area contributed by atoms with Crippen LogP contribution in [0.2, 0.25) is 0 Å². The lowest BCUT2D eigenvalue weighted by Gasteiger charge is -2.23. The molecule has 4 heteroatoms. The highest BCUT2D eigenvalue weighted by Gasteiger charge is 2.19. The Morgan fingerprint density at radius 2 is 1.94 bits per heavy atom. The fourth-order valence-corrected chi connectivity index (χ4v) is 1.83. The Labute approximate surface area is 113 Å². The molecule has 0 heterocycles. The van der Waals surface area contributed by atoms with Gasteiger partial charge in [0.1, 0.15) is 6.10 Å². The SMILES string of the molecule is CC(C)CC(OC(=O)CCCNI)C(C)C. The van der Waals surface area contributed by atoms with Crippen molar-refractivity contribution in [3.63, 3.8) is 0 Å². The minimum atomic E-state index is -0.0639. The summed E-state index contributed by atoms with van der Waals surface area (Å²) in [5.74, 6) is 0.899. The summed E-state index contributed by atoms with van der Waals surface area (Å²) < 4.78 is 8.49. The molecule has 16 heavy (non-hydrogen) atoms. The topological polar surface area (TPSA) is 38.3 Å². The Morgan fingerprint density at radius 3 is 2.38 bits per heavy atom. The minimum Gasteiger partial charge on any atom is -0.462 e. The lowest BCUT2D eigenvalue weighted by atomic mass is 9.97. The zero-order valence-electron chi connectivity index (χ0n) is 10.8. The van der Waals surface area contributed by atoms with E-state index in [1.165, 1.54) is 0 Å². The number of hydrogen-bond acceptors (Lipinski definition) is 3. The standard InChI is InChI=1S/C12H24INO2/c1-9(2)8-11(10(3)4)16-12(15)6-5-7-14-13/h9-11,14H,5-8H2,1-4H3. The van der Waals surface area contributed by atoms with Gasteiger partial charge < -0.3 is 4.74 Å². The van der Waals surface area contributed by atoms with Crippen LogP contribution in [0, 0.1) is 11.8 Å². The Kier molecular flexibility index (Phi) is 9.31. The Bertz CT molecular complexity index is 195. The van der Waals surface area contributed by atoms with Gasteiger partial charge in [0.2, 0.25) is 0 Å². The van der Waals surface area contributed by atoms with Crippen molar-refractivity contribution in [3.05, 3.63) is 0 Å². The highest BCUT2D eigenvalue weighted by molar-refractivity contribution is 14.1. The second kappa shape index (κ2) is 9.22. The van der Waals surface area contributed by atoms with E-state index in [4.69, 9.17) is 4.74 Å². The van der Waals surface area contributed by atoms with E-state index in [2.05, 4.69) is 54.1 Å². The van der Waals surface area contributed by atoms with Gasteiger partial charge in [-0.1, -0.05) is 27.7 Å². The normalized spacial score (nSPS) is 13.2. The fraction of sp³-hybridized carbons (Fsp3) is 0.917. The van der Waals surface area contributed by atoms with E-state index < -0.39 is 0 Å². The molecule has 0 spiro atoms. The smallest absolute Gasteiger partial charge is 0.306 e. The molecule has 0 saturated carbocycles. The van der Waals surface area contributed by atoms with Gasteiger partial charge in [-0.05, 0) is 24.7 Å². The van der Waals surface area contributed by atoms with Crippen LogP contribution in [0.5, 0.6) is 0 Å². The van der Waals surface area contributed by atoms with E-state index in [1.54, 1.807) is 0 Å². The van der Waals surface area contributed by atoms with Crippen molar-refractivity contribution in [2.45, 2.75) is 53.1 Å². The molecule has 96 valence electrons. The Morgan fingerprint density at radius 1 is 1.31 bits per heavy atom. The molecule has 0 aromatic rings. The highest BCUT2D eigenvalue weighted by Crippen LogP contribution is 2.17. The van der Waals surface area contributed by atoms with Gasteiger partial charge in [0.25, 0.3) is 0 Å². The molecule has 0 radical (unpaired) electrons. The third kappa shape index (κ3) is 8.33. The van der Waals surface area contributed by atoms with Crippen LogP contribution in [-0.2, 0) is 9.53 Å². The van der Waals surface area contributed by atoms with Gasteiger partial charge in [-0.3, -0.25) is 8.32 Å². The Balaban J connectivity index is 3.93. The summed E-state index contributed by atoms with van der Waals surface area (Å²) in [7, 11) is 0. The molecule has 0 fully saturated rings. The zero-order valence-corrected chi connectivity index (χ0v) is 12.9. The van der Waals surface area contributed by atoms with E-state index in [9.17, 15) is 4.79 Å². The number of rotatable bonds is 8. The molecule has 1 unspecified atom stereocenters. The van der Waals surface area contributed by atoms with Crippen LogP contribution in [0.25, 0.3) is 0 Å². The monoisotopic (exact) mass is 341 g/mol. The quantitative estimate of drug-likeness (QED) is 0.319. The van der Waals surface area contributed by atoms with Crippen LogP contribution >= 0.6 is 22.9 Å². The van der Waals surface area contributed by atoms with Crippen LogP contribution in [0.15, 0.2) is 0 Å². The predicted molar refractivity (Wildman–Crippen MR) is 75.4 cm³/mol. The predicted octanol–water partition coefficient (Wildman–Crippen LogP) is 3.32. The molecule has 0 aliphatic carbocycles. The van der Waals surface area contributed by atoms with Crippen molar-refractivity contribution in [1.29, 1.82) is 0 Å². The first-order chi connectivity index (χ1) is 7.47. The molecule has 0 saturated heterocycles. The minimum absolute atomic E-state index is 0.0639. The zero-order chi connectivity index (χ0) is 12.6. The second-order valence-corrected chi connectivity index (χ2v) is 5.65. The van der Waals surface area contributed by atoms with Crippen LogP contribution in [0.3, 0.4) is 0 Å². The van der Waals surface area contributed by atoms with Gasteiger partial charge >= 0.3 is 5.97 Å². The second-order valence-electron chi connectivity index (χ2n) is 4.89. The molecule has 0 aromatic carbocycles. The van der Waals surface area contributed by atoms with E-state index in [0.29, 0.717) is 18.3 Å². The third-order valence-corrected chi connectivity index (χ3v) is 2.92. The molecule has 1 atom stereocenters. The van der Waals surface area contributed by atoms with Gasteiger partial charge in [0.05, 0.1) is 0 Å². The largest absolute Gasteiger partial charge is 0.462 e. The summed E-state index contributed by atoms with van der Waals surface area (Å²) in [6.45, 7) is 9.37. The van der Waals surface area contributed by atoms with E-state index in [1.807, 2.05) is 0 Å². The lowest BCUT2D eigenvalue weighted by Crippen LogP contribution is -2.25. The van der Waals surface area contributed by atoms with E-state index in [0.717, 1.165) is 19.4 Å². The van der Waals surface area contributed by atoms with Crippen LogP contribution in [-0.4, -0.2) is 18.6 Å². The maximum absolute atomic E-state index is 11.6. The molecule has 0 rings (SSSR count). The summed E-state index contributed by atoms with van der Waals surface area (Å²) in [5, 5.41) is 0. The number of carbonyl (C=O) groups is 1. The van der Waals surface area contributed by atoms with Crippen LogP contribution in [0.1, 0.15) is 47.0 Å². The highest BCUT2D eigenvalue weighted by atomic mass is 127. The van der Waals surface area contributed by atoms with Gasteiger partial charge in [0, 0.05) is 35.8 Å². The fourth-order valence-electron chi connectivity index (χ4n) is 1.45. The first-order valence-electron chi connectivity index (χ1n) is 6.00. The molecule has 0 aliphatic heterocycles. The van der Waals surface area contributed by atoms with E-state index in [-0.39, 0.29) is 12.1 Å². The summed E-state index contributed by atoms with van der Waals surface area (Å²) in [4.78, 5) is 11.6. The van der Waals surface area contributed by atoms with Crippen molar-refractivity contribution >= 4 is 28.8 Å². The lowest BCUT2D eigenvalue weighted by molar-refractivity contribution is -0.152. The summed E-state index contributed by atoms with van der Waals surface area (Å²) in [5.41, 5.74) is 0. The van der Waals surface area contributed by atoms with Gasteiger partial charge in [-0.25, -0.2) is 0 Å². The van der Waals surface area contributed by atoms with Gasteiger partial charge in [-0.2, -0.15) is 0 Å². The molecule has 0 aliphatic rings. The summed E-state index contributed by atoms with van der Waals surface area (Å²) in [6.07, 6.45) is 2.37. The number of ether oxygens (including phenoxy) is 1. The molecule has 0 amide bonds. The van der Waals surface area contributed by atoms with Crippen molar-refractivity contribution in [3.8, 4) is 0 Å². The number of carbonyl (C=O) groups excluding carboxylic acids is 1. The number of halogens is 1. The van der Waals surface area contributed by atoms with Crippen LogP contribution < -0.4 is 3.53 Å². The Hall–Kier alpha value is 0.160. The first-order valence-corrected chi connectivity index (χ1v) is 7.08. The molecular formula is C12H24INO2. The van der Waals surface area contributed by atoms with Crippen molar-refractivity contribution in [1.82, 2.24) is 3.53 Å². The van der Waals surface area contributed by atoms with Gasteiger partial charge in [-0.15, -0.1) is 0 Å². The summed E-state index contributed by atoms with van der Waals surface area (Å²) >= 11 is 2.08. The average Bonchev–Trinajstić information content (AvgIpc) is 2.16. The number of nitrogens with one attached hydrogen (secondary N) is 1. The molecular weight excluding hydrogens is 317 g/mol.